The van der Waals surface area contributed by atoms with E-state index in [-0.39, 0.29) is 24.0 Å². The van der Waals surface area contributed by atoms with E-state index in [0.29, 0.717) is 28.7 Å². The van der Waals surface area contributed by atoms with E-state index in [1.165, 1.54) is 11.0 Å². The second-order valence-electron chi connectivity index (χ2n) is 5.59. The number of amides is 2. The Bertz CT molecular complexity index is 752. The number of hydrogen-bond donors (Lipinski definition) is 1. The highest BCUT2D eigenvalue weighted by Crippen LogP contribution is 2.25. The van der Waals surface area contributed by atoms with Gasteiger partial charge in [-0.3, -0.25) is 9.59 Å². The van der Waals surface area contributed by atoms with Gasteiger partial charge in [0.05, 0.1) is 21.6 Å². The topological polar surface area (TPSA) is 83.6 Å². The maximum Gasteiger partial charge on any atom is 0.233 e. The minimum absolute atomic E-state index is 0.0407. The number of hydrogen-bond acceptors (Lipinski definition) is 4. The van der Waals surface area contributed by atoms with Crippen molar-refractivity contribution in [3.63, 3.8) is 0 Å². The average Bonchev–Trinajstić information content (AvgIpc) is 2.83. The lowest BCUT2D eigenvalue weighted by molar-refractivity contribution is -0.135. The van der Waals surface area contributed by atoms with Crippen LogP contribution in [0.3, 0.4) is 0 Å². The van der Waals surface area contributed by atoms with Crippen LogP contribution >= 0.6 is 23.2 Å². The standard InChI is InChI=1S/C15H18Cl2N2O4S/c1-2-19(11-5-6-24(22,23)9-11)15(21)8-14(20)18-10-3-4-12(16)13(17)7-10/h3-4,7,11H,2,5-6,8-9H2,1H3,(H,18,20). The van der Waals surface area contributed by atoms with Crippen LogP contribution < -0.4 is 5.32 Å². The second-order valence-corrected chi connectivity index (χ2v) is 8.63. The Morgan fingerprint density at radius 1 is 1.29 bits per heavy atom. The summed E-state index contributed by atoms with van der Waals surface area (Å²) in [4.78, 5) is 25.8. The molecule has 1 saturated heterocycles. The monoisotopic (exact) mass is 392 g/mol. The Morgan fingerprint density at radius 3 is 2.54 bits per heavy atom. The van der Waals surface area contributed by atoms with E-state index in [9.17, 15) is 18.0 Å². The molecule has 1 fully saturated rings. The molecule has 6 nitrogen and oxygen atoms in total. The van der Waals surface area contributed by atoms with Crippen LogP contribution in [0.1, 0.15) is 19.8 Å². The normalized spacial score (nSPS) is 19.0. The van der Waals surface area contributed by atoms with Crippen LogP contribution in [0.2, 0.25) is 10.0 Å². The van der Waals surface area contributed by atoms with Crippen LogP contribution in [0, 0.1) is 0 Å². The van der Waals surface area contributed by atoms with Gasteiger partial charge in [0.1, 0.15) is 6.42 Å². The molecule has 1 aliphatic rings. The molecule has 0 radical (unpaired) electrons. The van der Waals surface area contributed by atoms with Crippen molar-refractivity contribution in [2.45, 2.75) is 25.8 Å². The van der Waals surface area contributed by atoms with Crippen LogP contribution in [-0.2, 0) is 19.4 Å². The molecule has 0 bridgehead atoms. The number of halogens is 2. The van der Waals surface area contributed by atoms with Gasteiger partial charge in [-0.25, -0.2) is 8.42 Å². The summed E-state index contributed by atoms with van der Waals surface area (Å²) >= 11 is 11.7. The highest BCUT2D eigenvalue weighted by atomic mass is 35.5. The molecule has 0 aliphatic carbocycles. The van der Waals surface area contributed by atoms with E-state index in [4.69, 9.17) is 23.2 Å². The summed E-state index contributed by atoms with van der Waals surface area (Å²) in [5.41, 5.74) is 0.439. The fraction of sp³-hybridized carbons (Fsp3) is 0.467. The van der Waals surface area contributed by atoms with Gasteiger partial charge in [-0.15, -0.1) is 0 Å². The Morgan fingerprint density at radius 2 is 2.00 bits per heavy atom. The maximum absolute atomic E-state index is 12.3. The molecule has 1 unspecified atom stereocenters. The molecular formula is C15H18Cl2N2O4S. The number of nitrogens with zero attached hydrogens (tertiary/aromatic N) is 1. The van der Waals surface area contributed by atoms with Crippen molar-refractivity contribution in [1.82, 2.24) is 4.90 Å². The smallest absolute Gasteiger partial charge is 0.233 e. The molecular weight excluding hydrogens is 375 g/mol. The van der Waals surface area contributed by atoms with Crippen molar-refractivity contribution in [2.75, 3.05) is 23.4 Å². The van der Waals surface area contributed by atoms with Crippen molar-refractivity contribution in [2.24, 2.45) is 0 Å². The fourth-order valence-electron chi connectivity index (χ4n) is 2.68. The van der Waals surface area contributed by atoms with Gasteiger partial charge in [0.2, 0.25) is 11.8 Å². The second kappa shape index (κ2) is 7.72. The average molecular weight is 393 g/mol. The highest BCUT2D eigenvalue weighted by Gasteiger charge is 2.34. The molecule has 9 heteroatoms. The van der Waals surface area contributed by atoms with Gasteiger partial charge < -0.3 is 10.2 Å². The Kier molecular flexibility index (Phi) is 6.11. The highest BCUT2D eigenvalue weighted by molar-refractivity contribution is 7.91. The molecule has 1 N–H and O–H groups in total. The zero-order valence-corrected chi connectivity index (χ0v) is 15.4. The predicted octanol–water partition coefficient (Wildman–Crippen LogP) is 2.36. The molecule has 2 amide bonds. The minimum Gasteiger partial charge on any atom is -0.338 e. The molecule has 0 aromatic heterocycles. The molecule has 24 heavy (non-hydrogen) atoms. The van der Waals surface area contributed by atoms with Gasteiger partial charge >= 0.3 is 0 Å². The Labute approximate surface area is 151 Å². The van der Waals surface area contributed by atoms with Gasteiger partial charge in [-0.05, 0) is 31.5 Å². The van der Waals surface area contributed by atoms with Gasteiger partial charge in [-0.2, -0.15) is 0 Å². The lowest BCUT2D eigenvalue weighted by Gasteiger charge is -2.26. The molecule has 1 heterocycles. The lowest BCUT2D eigenvalue weighted by atomic mass is 10.2. The Balaban J connectivity index is 1.96. The first kappa shape index (κ1) is 19.0. The summed E-state index contributed by atoms with van der Waals surface area (Å²) in [5, 5.41) is 3.24. The van der Waals surface area contributed by atoms with E-state index in [1.807, 2.05) is 0 Å². The minimum atomic E-state index is -3.09. The van der Waals surface area contributed by atoms with E-state index in [1.54, 1.807) is 19.1 Å². The Hall–Kier alpha value is -1.31. The number of anilines is 1. The maximum atomic E-state index is 12.3. The fourth-order valence-corrected chi connectivity index (χ4v) is 4.71. The molecule has 1 aromatic rings. The summed E-state index contributed by atoms with van der Waals surface area (Å²) < 4.78 is 23.1. The van der Waals surface area contributed by atoms with Crippen molar-refractivity contribution in [3.05, 3.63) is 28.2 Å². The van der Waals surface area contributed by atoms with Crippen molar-refractivity contribution >= 4 is 50.5 Å². The molecule has 1 aliphatic heterocycles. The van der Waals surface area contributed by atoms with Crippen molar-refractivity contribution < 1.29 is 18.0 Å². The van der Waals surface area contributed by atoms with E-state index in [2.05, 4.69) is 5.32 Å². The number of rotatable bonds is 5. The number of benzene rings is 1. The summed E-state index contributed by atoms with van der Waals surface area (Å²) in [6.07, 6.45) is 0.0565. The zero-order chi connectivity index (χ0) is 17.9. The van der Waals surface area contributed by atoms with E-state index in [0.717, 1.165) is 0 Å². The molecule has 0 spiro atoms. The van der Waals surface area contributed by atoms with E-state index < -0.39 is 21.7 Å². The number of sulfone groups is 1. The number of carbonyl (C=O) groups is 2. The van der Waals surface area contributed by atoms with Gasteiger partial charge in [0.15, 0.2) is 9.84 Å². The molecule has 1 aromatic carbocycles. The lowest BCUT2D eigenvalue weighted by Crippen LogP contribution is -2.42. The number of nitrogens with one attached hydrogen (secondary N) is 1. The zero-order valence-electron chi connectivity index (χ0n) is 13.1. The van der Waals surface area contributed by atoms with Gasteiger partial charge in [-0.1, -0.05) is 23.2 Å². The third-order valence-corrected chi connectivity index (χ3v) is 6.31. The van der Waals surface area contributed by atoms with Crippen molar-refractivity contribution in [3.8, 4) is 0 Å². The number of carbonyl (C=O) groups excluding carboxylic acids is 2. The van der Waals surface area contributed by atoms with E-state index >= 15 is 0 Å². The summed E-state index contributed by atoms with van der Waals surface area (Å²) in [7, 11) is -3.09. The van der Waals surface area contributed by atoms with Gasteiger partial charge in [0.25, 0.3) is 0 Å². The summed E-state index contributed by atoms with van der Waals surface area (Å²) in [6.45, 7) is 2.12. The predicted molar refractivity (Wildman–Crippen MR) is 94.2 cm³/mol. The molecule has 1 atom stereocenters. The first-order valence-electron chi connectivity index (χ1n) is 7.46. The van der Waals surface area contributed by atoms with Crippen LogP contribution in [0.4, 0.5) is 5.69 Å². The first-order valence-corrected chi connectivity index (χ1v) is 10.0. The third-order valence-electron chi connectivity index (χ3n) is 3.83. The SMILES string of the molecule is CCN(C(=O)CC(=O)Nc1ccc(Cl)c(Cl)c1)C1CCS(=O)(=O)C1. The summed E-state index contributed by atoms with van der Waals surface area (Å²) in [5.74, 6) is -0.840. The van der Waals surface area contributed by atoms with Gasteiger partial charge in [0, 0.05) is 18.3 Å². The largest absolute Gasteiger partial charge is 0.338 e. The quantitative estimate of drug-likeness (QED) is 0.779. The van der Waals surface area contributed by atoms with Crippen LogP contribution in [0.15, 0.2) is 18.2 Å². The molecule has 0 saturated carbocycles. The third kappa shape index (κ3) is 4.84. The van der Waals surface area contributed by atoms with Crippen LogP contribution in [0.5, 0.6) is 0 Å². The molecule has 2 rings (SSSR count). The molecule has 132 valence electrons. The van der Waals surface area contributed by atoms with Crippen molar-refractivity contribution in [1.29, 1.82) is 0 Å². The van der Waals surface area contributed by atoms with Crippen LogP contribution in [0.25, 0.3) is 0 Å². The first-order chi connectivity index (χ1) is 11.2. The van der Waals surface area contributed by atoms with Crippen LogP contribution in [-0.4, -0.2) is 49.2 Å². The summed E-state index contributed by atoms with van der Waals surface area (Å²) in [6, 6.07) is 4.26.